The number of carbonyl (C=O) groups is 1. The smallest absolute Gasteiger partial charge is 0.319 e. The number of rotatable bonds is 9. The molecule has 32 heavy (non-hydrogen) atoms. The molecule has 4 rings (SSSR count). The molecule has 0 saturated heterocycles. The van der Waals surface area contributed by atoms with Gasteiger partial charge in [0, 0.05) is 21.5 Å². The summed E-state index contributed by atoms with van der Waals surface area (Å²) in [6.07, 6.45) is 0.918. The molecule has 0 aliphatic heterocycles. The summed E-state index contributed by atoms with van der Waals surface area (Å²) in [5.74, 6) is 0.0294. The van der Waals surface area contributed by atoms with Crippen molar-refractivity contribution in [3.8, 4) is 11.1 Å². The van der Waals surface area contributed by atoms with E-state index in [4.69, 9.17) is 4.74 Å². The van der Waals surface area contributed by atoms with E-state index >= 15 is 0 Å². The zero-order chi connectivity index (χ0) is 22.3. The number of benzene rings is 3. The molecule has 2 atom stereocenters. The van der Waals surface area contributed by atoms with E-state index in [0.29, 0.717) is 6.61 Å². The molecule has 0 saturated carbocycles. The van der Waals surface area contributed by atoms with Crippen molar-refractivity contribution in [3.63, 3.8) is 0 Å². The van der Waals surface area contributed by atoms with Crippen LogP contribution in [0.3, 0.4) is 0 Å². The van der Waals surface area contributed by atoms with Crippen molar-refractivity contribution in [1.82, 2.24) is 5.32 Å². The minimum Gasteiger partial charge on any atom is -0.465 e. The standard InChI is InChI=1S/C28H29NO2S/c1-3-31-28(30)19-29-20(2)26(18-25-17-24-11-7-8-12-27(24)32-25)23-15-13-22(14-16-23)21-9-5-4-6-10-21/h4-17,20,26,29H,3,18-19H2,1-2H3/t20-,26+/m1/s1. The molecule has 1 aromatic heterocycles. The number of esters is 1. The zero-order valence-corrected chi connectivity index (χ0v) is 19.4. The first-order valence-electron chi connectivity index (χ1n) is 11.2. The predicted molar refractivity (Wildman–Crippen MR) is 134 cm³/mol. The zero-order valence-electron chi connectivity index (χ0n) is 18.6. The maximum Gasteiger partial charge on any atom is 0.319 e. The maximum absolute atomic E-state index is 11.9. The summed E-state index contributed by atoms with van der Waals surface area (Å²) in [4.78, 5) is 13.3. The highest BCUT2D eigenvalue weighted by molar-refractivity contribution is 7.19. The molecule has 0 unspecified atom stereocenters. The van der Waals surface area contributed by atoms with Crippen LogP contribution in [0.2, 0.25) is 0 Å². The quantitative estimate of drug-likeness (QED) is 0.303. The molecule has 0 aliphatic carbocycles. The van der Waals surface area contributed by atoms with Crippen molar-refractivity contribution in [1.29, 1.82) is 0 Å². The Morgan fingerprint density at radius 3 is 2.34 bits per heavy atom. The van der Waals surface area contributed by atoms with Crippen LogP contribution in [0.1, 0.15) is 30.2 Å². The summed E-state index contributed by atoms with van der Waals surface area (Å²) < 4.78 is 6.41. The highest BCUT2D eigenvalue weighted by Gasteiger charge is 2.22. The molecule has 0 fully saturated rings. The van der Waals surface area contributed by atoms with Gasteiger partial charge < -0.3 is 10.1 Å². The van der Waals surface area contributed by atoms with Crippen LogP contribution in [-0.2, 0) is 16.0 Å². The Balaban J connectivity index is 1.58. The molecule has 0 radical (unpaired) electrons. The second-order valence-corrected chi connectivity index (χ2v) is 9.19. The van der Waals surface area contributed by atoms with Gasteiger partial charge in [-0.05, 0) is 54.5 Å². The fraction of sp³-hybridized carbons (Fsp3) is 0.250. The van der Waals surface area contributed by atoms with Gasteiger partial charge in [-0.1, -0.05) is 72.8 Å². The molecule has 0 aliphatic rings. The summed E-state index contributed by atoms with van der Waals surface area (Å²) in [5, 5.41) is 4.69. The van der Waals surface area contributed by atoms with Gasteiger partial charge in [0.1, 0.15) is 0 Å². The normalized spacial score (nSPS) is 13.1. The van der Waals surface area contributed by atoms with Gasteiger partial charge in [0.2, 0.25) is 0 Å². The molecule has 1 N–H and O–H groups in total. The Hall–Kier alpha value is -2.95. The molecule has 0 bridgehead atoms. The van der Waals surface area contributed by atoms with Gasteiger partial charge in [-0.3, -0.25) is 4.79 Å². The Morgan fingerprint density at radius 1 is 0.938 bits per heavy atom. The fourth-order valence-electron chi connectivity index (χ4n) is 4.09. The fourth-order valence-corrected chi connectivity index (χ4v) is 5.21. The van der Waals surface area contributed by atoms with Gasteiger partial charge in [-0.2, -0.15) is 0 Å². The second kappa shape index (κ2) is 10.6. The van der Waals surface area contributed by atoms with E-state index in [1.807, 2.05) is 24.3 Å². The monoisotopic (exact) mass is 443 g/mol. The van der Waals surface area contributed by atoms with Gasteiger partial charge in [0.05, 0.1) is 13.2 Å². The number of thiophene rings is 1. The van der Waals surface area contributed by atoms with Crippen LogP contribution in [0.25, 0.3) is 21.2 Å². The van der Waals surface area contributed by atoms with Crippen molar-refractivity contribution in [2.75, 3.05) is 13.2 Å². The second-order valence-electron chi connectivity index (χ2n) is 8.02. The minimum atomic E-state index is -0.209. The third-order valence-electron chi connectivity index (χ3n) is 5.82. The Morgan fingerprint density at radius 2 is 1.62 bits per heavy atom. The molecule has 3 aromatic carbocycles. The summed E-state index contributed by atoms with van der Waals surface area (Å²) in [6, 6.07) is 30.2. The van der Waals surface area contributed by atoms with E-state index in [9.17, 15) is 4.79 Å². The van der Waals surface area contributed by atoms with Crippen molar-refractivity contribution in [2.45, 2.75) is 32.2 Å². The average molecular weight is 444 g/mol. The summed E-state index contributed by atoms with van der Waals surface area (Å²) in [7, 11) is 0. The number of carbonyl (C=O) groups excluding carboxylic acids is 1. The predicted octanol–water partition coefficient (Wildman–Crippen LogP) is 6.44. The first-order chi connectivity index (χ1) is 15.6. The van der Waals surface area contributed by atoms with Gasteiger partial charge in [0.25, 0.3) is 0 Å². The lowest BCUT2D eigenvalue weighted by Gasteiger charge is -2.25. The first kappa shape index (κ1) is 22.3. The number of fused-ring (bicyclic) bond motifs is 1. The number of hydrogen-bond acceptors (Lipinski definition) is 4. The molecule has 3 nitrogen and oxygen atoms in total. The van der Waals surface area contributed by atoms with Crippen LogP contribution >= 0.6 is 11.3 Å². The van der Waals surface area contributed by atoms with Crippen LogP contribution in [0, 0.1) is 0 Å². The molecule has 1 heterocycles. The summed E-state index contributed by atoms with van der Waals surface area (Å²) in [5.41, 5.74) is 3.70. The number of ether oxygens (including phenoxy) is 1. The largest absolute Gasteiger partial charge is 0.465 e. The molecule has 4 heteroatoms. The highest BCUT2D eigenvalue weighted by Crippen LogP contribution is 2.32. The van der Waals surface area contributed by atoms with E-state index in [2.05, 4.69) is 91.1 Å². The SMILES string of the molecule is CCOC(=O)CN[C@H](C)[C@H](Cc1cc2ccccc2s1)c1ccc(-c2ccccc2)cc1. The molecule has 0 spiro atoms. The van der Waals surface area contributed by atoms with E-state index in [-0.39, 0.29) is 24.5 Å². The van der Waals surface area contributed by atoms with Crippen LogP contribution < -0.4 is 5.32 Å². The maximum atomic E-state index is 11.9. The van der Waals surface area contributed by atoms with Gasteiger partial charge in [-0.15, -0.1) is 11.3 Å². The number of hydrogen-bond donors (Lipinski definition) is 1. The van der Waals surface area contributed by atoms with E-state index in [0.717, 1.165) is 6.42 Å². The molecule has 0 amide bonds. The highest BCUT2D eigenvalue weighted by atomic mass is 32.1. The molecule has 164 valence electrons. The Bertz CT molecular complexity index is 1120. The first-order valence-corrected chi connectivity index (χ1v) is 12.0. The van der Waals surface area contributed by atoms with Crippen LogP contribution in [0.4, 0.5) is 0 Å². The Kier molecular flexibility index (Phi) is 7.35. The van der Waals surface area contributed by atoms with Gasteiger partial charge in [-0.25, -0.2) is 0 Å². The van der Waals surface area contributed by atoms with E-state index in [1.54, 1.807) is 0 Å². The van der Waals surface area contributed by atoms with E-state index in [1.165, 1.54) is 31.7 Å². The van der Waals surface area contributed by atoms with Crippen LogP contribution in [0.15, 0.2) is 84.9 Å². The summed E-state index contributed by atoms with van der Waals surface area (Å²) >= 11 is 1.85. The Labute approximate surface area is 194 Å². The van der Waals surface area contributed by atoms with E-state index < -0.39 is 0 Å². The number of nitrogens with one attached hydrogen (secondary N) is 1. The van der Waals surface area contributed by atoms with Gasteiger partial charge >= 0.3 is 5.97 Å². The lowest BCUT2D eigenvalue weighted by molar-refractivity contribution is -0.142. The third kappa shape index (κ3) is 5.45. The third-order valence-corrected chi connectivity index (χ3v) is 6.96. The topological polar surface area (TPSA) is 38.3 Å². The van der Waals surface area contributed by atoms with Crippen molar-refractivity contribution < 1.29 is 9.53 Å². The van der Waals surface area contributed by atoms with Crippen LogP contribution in [-0.4, -0.2) is 25.2 Å². The molecular formula is C28H29NO2S. The lowest BCUT2D eigenvalue weighted by Crippen LogP contribution is -2.37. The van der Waals surface area contributed by atoms with Crippen LogP contribution in [0.5, 0.6) is 0 Å². The summed E-state index contributed by atoms with van der Waals surface area (Å²) in [6.45, 7) is 4.61. The van der Waals surface area contributed by atoms with Crippen molar-refractivity contribution in [3.05, 3.63) is 95.4 Å². The van der Waals surface area contributed by atoms with Crippen molar-refractivity contribution in [2.24, 2.45) is 0 Å². The minimum absolute atomic E-state index is 0.118. The molecular weight excluding hydrogens is 414 g/mol. The molecule has 4 aromatic rings. The average Bonchev–Trinajstić information content (AvgIpc) is 3.25. The van der Waals surface area contributed by atoms with Gasteiger partial charge in [0.15, 0.2) is 0 Å². The van der Waals surface area contributed by atoms with Crippen molar-refractivity contribution >= 4 is 27.4 Å². The lowest BCUT2D eigenvalue weighted by atomic mass is 9.87.